The van der Waals surface area contributed by atoms with E-state index in [-0.39, 0.29) is 18.6 Å². The Balaban J connectivity index is 2.06. The second-order valence-electron chi connectivity index (χ2n) is 5.71. The lowest BCUT2D eigenvalue weighted by Crippen LogP contribution is -2.26. The first-order valence-electron chi connectivity index (χ1n) is 8.49. The van der Waals surface area contributed by atoms with Crippen LogP contribution in [0.3, 0.4) is 0 Å². The summed E-state index contributed by atoms with van der Waals surface area (Å²) in [5, 5.41) is 12.2. The van der Waals surface area contributed by atoms with Gasteiger partial charge in [-0.1, -0.05) is 36.7 Å². The Morgan fingerprint density at radius 2 is 2.11 bits per heavy atom. The Kier molecular flexibility index (Phi) is 7.72. The van der Waals surface area contributed by atoms with Gasteiger partial charge in [-0.2, -0.15) is 5.26 Å². The predicted molar refractivity (Wildman–Crippen MR) is 106 cm³/mol. The van der Waals surface area contributed by atoms with Crippen molar-refractivity contribution >= 4 is 23.6 Å². The van der Waals surface area contributed by atoms with Gasteiger partial charge in [0.15, 0.2) is 18.1 Å². The van der Waals surface area contributed by atoms with Gasteiger partial charge in [-0.25, -0.2) is 0 Å². The zero-order valence-electron chi connectivity index (χ0n) is 15.2. The minimum atomic E-state index is -0.203. The molecule has 0 spiro atoms. The van der Waals surface area contributed by atoms with Gasteiger partial charge < -0.3 is 14.8 Å². The molecule has 0 aliphatic rings. The van der Waals surface area contributed by atoms with Gasteiger partial charge in [0.2, 0.25) is 5.91 Å². The number of ether oxygens (including phenoxy) is 2. The molecule has 0 saturated heterocycles. The number of rotatable bonds is 8. The highest BCUT2D eigenvalue weighted by atomic mass is 35.5. The molecule has 2 aromatic carbocycles. The number of nitriles is 1. The van der Waals surface area contributed by atoms with Gasteiger partial charge in [-0.15, -0.1) is 0 Å². The van der Waals surface area contributed by atoms with Gasteiger partial charge in [0.1, 0.15) is 6.07 Å². The molecule has 0 radical (unpaired) electrons. The minimum absolute atomic E-state index is 0.0597. The van der Waals surface area contributed by atoms with Crippen LogP contribution in [0, 0.1) is 11.3 Å². The number of nitrogens with zero attached hydrogens (tertiary/aromatic N) is 1. The lowest BCUT2D eigenvalue weighted by molar-refractivity contribution is -0.117. The Morgan fingerprint density at radius 3 is 2.78 bits per heavy atom. The van der Waals surface area contributed by atoms with Crippen molar-refractivity contribution in [1.82, 2.24) is 5.32 Å². The van der Waals surface area contributed by atoms with Crippen LogP contribution in [0.15, 0.2) is 48.5 Å². The van der Waals surface area contributed by atoms with E-state index in [0.717, 1.165) is 17.5 Å². The van der Waals surface area contributed by atoms with Crippen LogP contribution in [-0.4, -0.2) is 19.6 Å². The fraction of sp³-hybridized carbons (Fsp3) is 0.238. The van der Waals surface area contributed by atoms with Gasteiger partial charge >= 0.3 is 0 Å². The largest absolute Gasteiger partial charge is 0.493 e. The number of halogens is 1. The van der Waals surface area contributed by atoms with Gasteiger partial charge in [-0.3, -0.25) is 4.79 Å². The van der Waals surface area contributed by atoms with E-state index in [9.17, 15) is 4.79 Å². The molecule has 1 atom stereocenters. The summed E-state index contributed by atoms with van der Waals surface area (Å²) in [6.07, 6.45) is 3.91. The lowest BCUT2D eigenvalue weighted by atomic mass is 10.0. The molecule has 2 aromatic rings. The minimum Gasteiger partial charge on any atom is -0.493 e. The summed E-state index contributed by atoms with van der Waals surface area (Å²) in [5.41, 5.74) is 1.74. The molecule has 6 heteroatoms. The van der Waals surface area contributed by atoms with Crippen LogP contribution >= 0.6 is 11.6 Å². The molecule has 1 amide bonds. The van der Waals surface area contributed by atoms with Crippen LogP contribution in [0.1, 0.15) is 30.5 Å². The van der Waals surface area contributed by atoms with Crippen molar-refractivity contribution in [2.75, 3.05) is 13.7 Å². The number of nitrogens with one attached hydrogen (secondary N) is 1. The maximum absolute atomic E-state index is 12.3. The Morgan fingerprint density at radius 1 is 1.30 bits per heavy atom. The second kappa shape index (κ2) is 10.2. The van der Waals surface area contributed by atoms with E-state index in [0.29, 0.717) is 16.5 Å². The molecule has 140 valence electrons. The smallest absolute Gasteiger partial charge is 0.244 e. The zero-order chi connectivity index (χ0) is 19.6. The van der Waals surface area contributed by atoms with Crippen molar-refractivity contribution < 1.29 is 14.3 Å². The average Bonchev–Trinajstić information content (AvgIpc) is 2.69. The van der Waals surface area contributed by atoms with Crippen molar-refractivity contribution in [3.8, 4) is 17.6 Å². The number of carbonyl (C=O) groups is 1. The maximum Gasteiger partial charge on any atom is 0.244 e. The summed E-state index contributed by atoms with van der Waals surface area (Å²) >= 11 is 6.03. The first kappa shape index (κ1) is 20.3. The van der Waals surface area contributed by atoms with Crippen molar-refractivity contribution in [1.29, 1.82) is 5.26 Å². The van der Waals surface area contributed by atoms with Crippen LogP contribution in [0.2, 0.25) is 5.02 Å². The predicted octanol–water partition coefficient (Wildman–Crippen LogP) is 4.53. The zero-order valence-corrected chi connectivity index (χ0v) is 16.0. The first-order valence-corrected chi connectivity index (χ1v) is 8.87. The summed E-state index contributed by atoms with van der Waals surface area (Å²) in [6.45, 7) is 1.94. The molecular formula is C21H21ClN2O3. The van der Waals surface area contributed by atoms with Crippen molar-refractivity contribution in [3.05, 3.63) is 64.7 Å². The molecule has 0 saturated carbocycles. The Bertz CT molecular complexity index is 859. The third-order valence-electron chi connectivity index (χ3n) is 3.88. The summed E-state index contributed by atoms with van der Waals surface area (Å²) in [5.74, 6) is 0.774. The van der Waals surface area contributed by atoms with Crippen molar-refractivity contribution in [2.24, 2.45) is 0 Å². The Labute approximate surface area is 164 Å². The van der Waals surface area contributed by atoms with E-state index in [1.807, 2.05) is 31.2 Å². The van der Waals surface area contributed by atoms with E-state index in [2.05, 4.69) is 5.32 Å². The molecule has 5 nitrogen and oxygen atoms in total. The van der Waals surface area contributed by atoms with Crippen LogP contribution in [-0.2, 0) is 4.79 Å². The van der Waals surface area contributed by atoms with Gasteiger partial charge in [-0.05, 0) is 47.9 Å². The average molecular weight is 385 g/mol. The highest BCUT2D eigenvalue weighted by molar-refractivity contribution is 6.30. The van der Waals surface area contributed by atoms with Crippen LogP contribution in [0.25, 0.3) is 6.08 Å². The number of carbonyl (C=O) groups excluding carboxylic acids is 1. The van der Waals surface area contributed by atoms with Crippen molar-refractivity contribution in [2.45, 2.75) is 19.4 Å². The van der Waals surface area contributed by atoms with Crippen LogP contribution in [0.4, 0.5) is 0 Å². The second-order valence-corrected chi connectivity index (χ2v) is 6.15. The molecule has 0 heterocycles. The van der Waals surface area contributed by atoms with E-state index < -0.39 is 0 Å². The quantitative estimate of drug-likeness (QED) is 0.678. The summed E-state index contributed by atoms with van der Waals surface area (Å²) in [7, 11) is 1.52. The summed E-state index contributed by atoms with van der Waals surface area (Å²) in [4.78, 5) is 12.3. The molecule has 0 aliphatic heterocycles. The lowest BCUT2D eigenvalue weighted by Gasteiger charge is -2.16. The van der Waals surface area contributed by atoms with E-state index in [1.54, 1.807) is 30.3 Å². The van der Waals surface area contributed by atoms with E-state index in [4.69, 9.17) is 26.3 Å². The fourth-order valence-corrected chi connectivity index (χ4v) is 2.75. The summed E-state index contributed by atoms with van der Waals surface area (Å²) < 4.78 is 10.5. The SMILES string of the molecule is CCC(NC(=O)/C=C/c1ccc(OCC#N)c(OC)c1)c1cccc(Cl)c1. The van der Waals surface area contributed by atoms with Crippen molar-refractivity contribution in [3.63, 3.8) is 0 Å². The highest BCUT2D eigenvalue weighted by Gasteiger charge is 2.11. The highest BCUT2D eigenvalue weighted by Crippen LogP contribution is 2.28. The van der Waals surface area contributed by atoms with Gasteiger partial charge in [0.05, 0.1) is 13.2 Å². The van der Waals surface area contributed by atoms with Gasteiger partial charge in [0.25, 0.3) is 0 Å². The third kappa shape index (κ3) is 6.05. The molecule has 0 bridgehead atoms. The maximum atomic E-state index is 12.3. The van der Waals surface area contributed by atoms with Gasteiger partial charge in [0, 0.05) is 11.1 Å². The molecule has 0 aliphatic carbocycles. The number of hydrogen-bond acceptors (Lipinski definition) is 4. The summed E-state index contributed by atoms with van der Waals surface area (Å²) in [6, 6.07) is 14.5. The molecular weight excluding hydrogens is 364 g/mol. The first-order chi connectivity index (χ1) is 13.1. The third-order valence-corrected chi connectivity index (χ3v) is 4.12. The number of hydrogen-bond donors (Lipinski definition) is 1. The molecule has 1 N–H and O–H groups in total. The van der Waals surface area contributed by atoms with Crippen LogP contribution < -0.4 is 14.8 Å². The number of benzene rings is 2. The standard InChI is InChI=1S/C21H21ClN2O3/c1-3-18(16-5-4-6-17(22)14-16)24-21(25)10-8-15-7-9-19(27-12-11-23)20(13-15)26-2/h4-10,13-14,18H,3,12H2,1-2H3,(H,24,25)/b10-8+. The Hall–Kier alpha value is -2.97. The number of amides is 1. The molecule has 0 fully saturated rings. The van der Waals surface area contributed by atoms with E-state index in [1.165, 1.54) is 13.2 Å². The molecule has 1 unspecified atom stereocenters. The topological polar surface area (TPSA) is 71.3 Å². The monoisotopic (exact) mass is 384 g/mol. The van der Waals surface area contributed by atoms with Crippen LogP contribution in [0.5, 0.6) is 11.5 Å². The molecule has 27 heavy (non-hydrogen) atoms. The van der Waals surface area contributed by atoms with E-state index >= 15 is 0 Å². The number of methoxy groups -OCH3 is 1. The molecule has 0 aromatic heterocycles. The fourth-order valence-electron chi connectivity index (χ4n) is 2.55. The normalized spacial score (nSPS) is 11.6. The molecule has 2 rings (SSSR count).